The van der Waals surface area contributed by atoms with E-state index < -0.39 is 0 Å². The summed E-state index contributed by atoms with van der Waals surface area (Å²) in [5, 5.41) is 0. The molecule has 0 saturated carbocycles. The molecule has 0 aliphatic carbocycles. The van der Waals surface area contributed by atoms with E-state index in [0.717, 1.165) is 22.1 Å². The van der Waals surface area contributed by atoms with Gasteiger partial charge in [0, 0.05) is 23.2 Å². The molecule has 5 heteroatoms. The van der Waals surface area contributed by atoms with Crippen molar-refractivity contribution in [3.8, 4) is 0 Å². The van der Waals surface area contributed by atoms with Gasteiger partial charge in [0.05, 0.1) is 0 Å². The largest absolute Gasteiger partial charge is 0.179 e. The van der Waals surface area contributed by atoms with E-state index in [0.29, 0.717) is 0 Å². The van der Waals surface area contributed by atoms with Gasteiger partial charge in [-0.15, -0.1) is 11.8 Å². The van der Waals surface area contributed by atoms with Gasteiger partial charge in [0.25, 0.3) is 0 Å². The summed E-state index contributed by atoms with van der Waals surface area (Å²) in [6, 6.07) is 16.7. The second-order valence-corrected chi connectivity index (χ2v) is 11.0. The number of thiol groups is 1. The average Bonchev–Trinajstić information content (AvgIpc) is 2.66. The van der Waals surface area contributed by atoms with E-state index in [1.165, 1.54) is 31.5 Å². The third kappa shape index (κ3) is 16.3. The maximum absolute atomic E-state index is 4.10. The quantitative estimate of drug-likeness (QED) is 0.185. The molecule has 2 rings (SSSR count). The summed E-state index contributed by atoms with van der Waals surface area (Å²) in [6.45, 7) is 8.92. The number of rotatable bonds is 6. The van der Waals surface area contributed by atoms with Crippen LogP contribution in [0.1, 0.15) is 40.5 Å². The number of hydrogen-bond donors (Lipinski definition) is 1. The molecular formula is C22H31Br2IS2. The summed E-state index contributed by atoms with van der Waals surface area (Å²) in [5.74, 6) is 3.85. The summed E-state index contributed by atoms with van der Waals surface area (Å²) in [7, 11) is 0. The van der Waals surface area contributed by atoms with Crippen LogP contribution in [0.4, 0.5) is 0 Å². The first-order chi connectivity index (χ1) is 12.8. The standard InChI is InChI=1S/C11H15BrS.C6H4BrI.C5H12S/c1-3-9(2)8-13-11-6-4-5-10(12)7-11;7-5-2-1-3-6(8)4-5;1-3-5(2)4-6/h4-7,9H,3,8H2,1-2H3;1-4H;5-6H,3-4H2,1-2H3. The van der Waals surface area contributed by atoms with E-state index in [9.17, 15) is 0 Å². The maximum Gasteiger partial charge on any atom is 0.0186 e. The molecule has 0 fully saturated rings. The topological polar surface area (TPSA) is 0 Å². The van der Waals surface area contributed by atoms with Gasteiger partial charge in [0.1, 0.15) is 0 Å². The van der Waals surface area contributed by atoms with Crippen LogP contribution in [0, 0.1) is 15.4 Å². The number of halogens is 3. The third-order valence-electron chi connectivity index (χ3n) is 3.82. The van der Waals surface area contributed by atoms with Crippen molar-refractivity contribution in [3.63, 3.8) is 0 Å². The molecular weight excluding hydrogens is 615 g/mol. The highest BCUT2D eigenvalue weighted by molar-refractivity contribution is 14.1. The van der Waals surface area contributed by atoms with Crippen molar-refractivity contribution in [2.45, 2.75) is 45.4 Å². The summed E-state index contributed by atoms with van der Waals surface area (Å²) in [4.78, 5) is 1.36. The Morgan fingerprint density at radius 3 is 1.85 bits per heavy atom. The van der Waals surface area contributed by atoms with E-state index >= 15 is 0 Å². The second kappa shape index (κ2) is 17.7. The normalized spacial score (nSPS) is 12.1. The second-order valence-electron chi connectivity index (χ2n) is 6.42. The summed E-state index contributed by atoms with van der Waals surface area (Å²) >= 11 is 15.1. The Kier molecular flexibility index (Phi) is 18.2. The van der Waals surface area contributed by atoms with Gasteiger partial charge in [0.2, 0.25) is 0 Å². The summed E-state index contributed by atoms with van der Waals surface area (Å²) in [6.07, 6.45) is 2.52. The molecule has 27 heavy (non-hydrogen) atoms. The van der Waals surface area contributed by atoms with Gasteiger partial charge in [-0.1, -0.05) is 84.5 Å². The Bertz CT molecular complexity index is 602. The maximum atomic E-state index is 4.10. The van der Waals surface area contributed by atoms with Crippen LogP contribution in [-0.4, -0.2) is 11.5 Å². The average molecular weight is 646 g/mol. The molecule has 0 aromatic heterocycles. The van der Waals surface area contributed by atoms with Crippen LogP contribution in [0.2, 0.25) is 0 Å². The van der Waals surface area contributed by atoms with Crippen molar-refractivity contribution in [1.82, 2.24) is 0 Å². The van der Waals surface area contributed by atoms with Gasteiger partial charge in [0.15, 0.2) is 0 Å². The first-order valence-electron chi connectivity index (χ1n) is 9.22. The van der Waals surface area contributed by atoms with Crippen LogP contribution >= 0.6 is 78.8 Å². The zero-order valence-electron chi connectivity index (χ0n) is 16.6. The minimum Gasteiger partial charge on any atom is -0.179 e. The molecule has 0 spiro atoms. The van der Waals surface area contributed by atoms with Gasteiger partial charge in [-0.25, -0.2) is 0 Å². The molecule has 2 unspecified atom stereocenters. The summed E-state index contributed by atoms with van der Waals surface area (Å²) in [5.41, 5.74) is 0. The minimum absolute atomic E-state index is 0.799. The molecule has 0 aliphatic heterocycles. The van der Waals surface area contributed by atoms with E-state index in [2.05, 4.69) is 131 Å². The lowest BCUT2D eigenvalue weighted by Gasteiger charge is -2.07. The van der Waals surface area contributed by atoms with Crippen LogP contribution in [-0.2, 0) is 0 Å². The Morgan fingerprint density at radius 2 is 1.48 bits per heavy atom. The first-order valence-corrected chi connectivity index (χ1v) is 13.5. The highest BCUT2D eigenvalue weighted by Gasteiger charge is 2.00. The van der Waals surface area contributed by atoms with Crippen molar-refractivity contribution >= 4 is 78.8 Å². The molecule has 0 aliphatic rings. The predicted octanol–water partition coefficient (Wildman–Crippen LogP) is 9.60. The smallest absolute Gasteiger partial charge is 0.0186 e. The van der Waals surface area contributed by atoms with E-state index in [1.54, 1.807) is 0 Å². The lowest BCUT2D eigenvalue weighted by atomic mass is 10.2. The number of hydrogen-bond acceptors (Lipinski definition) is 2. The molecule has 0 N–H and O–H groups in total. The molecule has 2 aromatic rings. The van der Waals surface area contributed by atoms with Crippen molar-refractivity contribution < 1.29 is 0 Å². The van der Waals surface area contributed by atoms with Gasteiger partial charge >= 0.3 is 0 Å². The van der Waals surface area contributed by atoms with Crippen molar-refractivity contribution in [2.24, 2.45) is 11.8 Å². The fraction of sp³-hybridized carbons (Fsp3) is 0.455. The Balaban J connectivity index is 0.000000413. The van der Waals surface area contributed by atoms with E-state index in [4.69, 9.17) is 0 Å². The van der Waals surface area contributed by atoms with E-state index in [1.807, 2.05) is 23.9 Å². The van der Waals surface area contributed by atoms with Crippen LogP contribution in [0.3, 0.4) is 0 Å². The highest BCUT2D eigenvalue weighted by atomic mass is 127. The fourth-order valence-corrected chi connectivity index (χ4v) is 4.78. The molecule has 2 atom stereocenters. The Morgan fingerprint density at radius 1 is 0.926 bits per heavy atom. The fourth-order valence-electron chi connectivity index (χ4n) is 1.50. The lowest BCUT2D eigenvalue weighted by Crippen LogP contribution is -1.94. The van der Waals surface area contributed by atoms with Gasteiger partial charge in [-0.05, 0) is 76.6 Å². The highest BCUT2D eigenvalue weighted by Crippen LogP contribution is 2.24. The molecule has 2 aromatic carbocycles. The van der Waals surface area contributed by atoms with Crippen LogP contribution in [0.5, 0.6) is 0 Å². The monoisotopic (exact) mass is 644 g/mol. The van der Waals surface area contributed by atoms with Crippen molar-refractivity contribution in [1.29, 1.82) is 0 Å². The Labute approximate surface area is 206 Å². The zero-order valence-corrected chi connectivity index (χ0v) is 23.6. The van der Waals surface area contributed by atoms with Gasteiger partial charge in [-0.3, -0.25) is 0 Å². The van der Waals surface area contributed by atoms with Gasteiger partial charge in [-0.2, -0.15) is 12.6 Å². The first kappa shape index (κ1) is 27.8. The van der Waals surface area contributed by atoms with Crippen LogP contribution in [0.15, 0.2) is 62.4 Å². The molecule has 0 bridgehead atoms. The molecule has 0 saturated heterocycles. The molecule has 0 nitrogen and oxygen atoms in total. The predicted molar refractivity (Wildman–Crippen MR) is 144 cm³/mol. The third-order valence-corrected chi connectivity index (χ3v) is 7.43. The van der Waals surface area contributed by atoms with Gasteiger partial charge < -0.3 is 0 Å². The minimum atomic E-state index is 0.799. The van der Waals surface area contributed by atoms with Crippen LogP contribution < -0.4 is 0 Å². The molecule has 152 valence electrons. The zero-order chi connectivity index (χ0) is 20.7. The SMILES string of the molecule is Brc1cccc(I)c1.CCC(C)CS.CCC(C)CSc1cccc(Br)c1. The number of thioether (sulfide) groups is 1. The number of benzene rings is 2. The van der Waals surface area contributed by atoms with Crippen molar-refractivity contribution in [3.05, 3.63) is 61.0 Å². The lowest BCUT2D eigenvalue weighted by molar-refractivity contribution is 0.637. The van der Waals surface area contributed by atoms with Crippen molar-refractivity contribution in [2.75, 3.05) is 11.5 Å². The molecule has 0 heterocycles. The summed E-state index contributed by atoms with van der Waals surface area (Å²) < 4.78 is 3.57. The Hall–Kier alpha value is 0.830. The molecule has 0 amide bonds. The van der Waals surface area contributed by atoms with Crippen LogP contribution in [0.25, 0.3) is 0 Å². The van der Waals surface area contributed by atoms with E-state index in [-0.39, 0.29) is 0 Å². The molecule has 0 radical (unpaired) electrons.